The molecule has 0 saturated heterocycles. The number of fused-ring (bicyclic) bond motifs is 2. The summed E-state index contributed by atoms with van der Waals surface area (Å²) in [6, 6.07) is 10.6. The molecule has 3 heterocycles. The molecule has 7 heteroatoms. The molecule has 1 aliphatic carbocycles. The molecule has 1 N–H and O–H groups in total. The minimum absolute atomic E-state index is 0.00258. The first-order valence-corrected chi connectivity index (χ1v) is 12.3. The van der Waals surface area contributed by atoms with Gasteiger partial charge in [-0.15, -0.1) is 0 Å². The molecule has 0 radical (unpaired) electrons. The number of aromatic nitrogens is 3. The molecule has 2 aliphatic rings. The lowest BCUT2D eigenvalue weighted by Crippen LogP contribution is -2.39. The van der Waals surface area contributed by atoms with Crippen LogP contribution in [-0.4, -0.2) is 38.7 Å². The van der Waals surface area contributed by atoms with Crippen molar-refractivity contribution in [2.45, 2.75) is 70.4 Å². The lowest BCUT2D eigenvalue weighted by atomic mass is 10.1. The van der Waals surface area contributed by atoms with Crippen LogP contribution in [0.25, 0.3) is 22.2 Å². The predicted octanol–water partition coefficient (Wildman–Crippen LogP) is 4.40. The van der Waals surface area contributed by atoms with E-state index in [2.05, 4.69) is 28.2 Å². The number of rotatable bonds is 5. The molecule has 0 bridgehead atoms. The van der Waals surface area contributed by atoms with Crippen LogP contribution in [0.15, 0.2) is 36.5 Å². The quantitative estimate of drug-likeness (QED) is 0.590. The number of hydrogen-bond acceptors (Lipinski definition) is 3. The van der Waals surface area contributed by atoms with Gasteiger partial charge in [0.15, 0.2) is 0 Å². The number of anilines is 1. The van der Waals surface area contributed by atoms with Crippen LogP contribution in [0.1, 0.15) is 57.8 Å². The fourth-order valence-electron chi connectivity index (χ4n) is 5.29. The maximum Gasteiger partial charge on any atom is 0.228 e. The second-order valence-corrected chi connectivity index (χ2v) is 9.44. The summed E-state index contributed by atoms with van der Waals surface area (Å²) in [5.74, 6) is 0.826. The van der Waals surface area contributed by atoms with Gasteiger partial charge in [0.25, 0.3) is 0 Å². The van der Waals surface area contributed by atoms with Crippen molar-refractivity contribution in [3.63, 3.8) is 0 Å². The summed E-state index contributed by atoms with van der Waals surface area (Å²) in [4.78, 5) is 27.4. The smallest absolute Gasteiger partial charge is 0.228 e. The average molecular weight is 448 g/mol. The first-order valence-electron chi connectivity index (χ1n) is 12.3. The lowest BCUT2D eigenvalue weighted by molar-refractivity contribution is -0.125. The van der Waals surface area contributed by atoms with E-state index in [0.717, 1.165) is 53.8 Å². The highest BCUT2D eigenvalue weighted by atomic mass is 16.2. The summed E-state index contributed by atoms with van der Waals surface area (Å²) < 4.78 is 4.04. The number of para-hydroxylation sites is 1. The summed E-state index contributed by atoms with van der Waals surface area (Å²) in [5, 5.41) is 9.14. The molecule has 2 aromatic heterocycles. The van der Waals surface area contributed by atoms with Gasteiger partial charge < -0.3 is 9.88 Å². The van der Waals surface area contributed by atoms with Crippen molar-refractivity contribution in [3.05, 3.63) is 36.5 Å². The molecule has 7 nitrogen and oxygen atoms in total. The van der Waals surface area contributed by atoms with Gasteiger partial charge in [-0.25, -0.2) is 4.68 Å². The van der Waals surface area contributed by atoms with Crippen molar-refractivity contribution in [3.8, 4) is 11.3 Å². The standard InChI is InChI=1S/C26H33N5O2/c1-29-18-21(20-11-6-7-12-23(20)29)22-17-25-30(15-8-16-31(25)28-22)26(33)14-13-24(32)27-19-9-4-2-3-5-10-19/h6-7,11-12,17-19H,2-5,8-10,13-16H2,1H3,(H,27,32). The lowest BCUT2D eigenvalue weighted by Gasteiger charge is -2.27. The SMILES string of the molecule is Cn1cc(-c2cc3n(n2)CCCN3C(=O)CCC(=O)NC2CCCCCC2)c2ccccc21. The summed E-state index contributed by atoms with van der Waals surface area (Å²) in [5.41, 5.74) is 3.11. The van der Waals surface area contributed by atoms with Crippen molar-refractivity contribution in [2.24, 2.45) is 7.05 Å². The third-order valence-electron chi connectivity index (χ3n) is 7.05. The Hall–Kier alpha value is -3.09. The zero-order valence-electron chi connectivity index (χ0n) is 19.4. The Labute approximate surface area is 194 Å². The van der Waals surface area contributed by atoms with Crippen molar-refractivity contribution >= 4 is 28.5 Å². The topological polar surface area (TPSA) is 72.2 Å². The highest BCUT2D eigenvalue weighted by molar-refractivity contribution is 5.98. The minimum atomic E-state index is -0.00339. The summed E-state index contributed by atoms with van der Waals surface area (Å²) in [6.45, 7) is 1.47. The number of aryl methyl sites for hydroxylation is 2. The Balaban J connectivity index is 1.28. The predicted molar refractivity (Wildman–Crippen MR) is 130 cm³/mol. The molecule has 0 unspecified atom stereocenters. The van der Waals surface area contributed by atoms with Crippen molar-refractivity contribution in [1.29, 1.82) is 0 Å². The molecular weight excluding hydrogens is 414 g/mol. The van der Waals surface area contributed by atoms with E-state index in [4.69, 9.17) is 5.10 Å². The fourth-order valence-corrected chi connectivity index (χ4v) is 5.29. The molecule has 2 amide bonds. The zero-order chi connectivity index (χ0) is 22.8. The van der Waals surface area contributed by atoms with E-state index in [1.807, 2.05) is 34.8 Å². The van der Waals surface area contributed by atoms with E-state index in [1.54, 1.807) is 0 Å². The van der Waals surface area contributed by atoms with E-state index in [0.29, 0.717) is 6.54 Å². The third kappa shape index (κ3) is 4.54. The molecule has 33 heavy (non-hydrogen) atoms. The Morgan fingerprint density at radius 1 is 1.03 bits per heavy atom. The van der Waals surface area contributed by atoms with Gasteiger partial charge in [0.05, 0.1) is 5.69 Å². The number of hydrogen-bond donors (Lipinski definition) is 1. The van der Waals surface area contributed by atoms with Gasteiger partial charge in [0.1, 0.15) is 5.82 Å². The summed E-state index contributed by atoms with van der Waals surface area (Å²) >= 11 is 0. The number of carbonyl (C=O) groups excluding carboxylic acids is 2. The molecule has 0 atom stereocenters. The molecule has 174 valence electrons. The van der Waals surface area contributed by atoms with Crippen LogP contribution >= 0.6 is 0 Å². The first kappa shape index (κ1) is 21.7. The van der Waals surface area contributed by atoms with Gasteiger partial charge in [-0.2, -0.15) is 5.10 Å². The van der Waals surface area contributed by atoms with Crippen LogP contribution in [0.3, 0.4) is 0 Å². The second-order valence-electron chi connectivity index (χ2n) is 9.44. The molecular formula is C26H33N5O2. The maximum atomic E-state index is 13.1. The molecule has 1 saturated carbocycles. The van der Waals surface area contributed by atoms with E-state index < -0.39 is 0 Å². The number of carbonyl (C=O) groups is 2. The molecule has 0 spiro atoms. The third-order valence-corrected chi connectivity index (χ3v) is 7.05. The Morgan fingerprint density at radius 3 is 2.64 bits per heavy atom. The van der Waals surface area contributed by atoms with E-state index in [9.17, 15) is 9.59 Å². The van der Waals surface area contributed by atoms with Crippen molar-refractivity contribution in [2.75, 3.05) is 11.4 Å². The van der Waals surface area contributed by atoms with Gasteiger partial charge in [0.2, 0.25) is 11.8 Å². The minimum Gasteiger partial charge on any atom is -0.353 e. The first-order chi connectivity index (χ1) is 16.1. The van der Waals surface area contributed by atoms with Gasteiger partial charge in [-0.05, 0) is 25.3 Å². The Bertz CT molecular complexity index is 1150. The highest BCUT2D eigenvalue weighted by Gasteiger charge is 2.26. The number of nitrogens with zero attached hydrogens (tertiary/aromatic N) is 4. The normalized spacial score (nSPS) is 17.1. The summed E-state index contributed by atoms with van der Waals surface area (Å²) in [6.07, 6.45) is 10.4. The molecule has 1 aromatic carbocycles. The molecule has 1 aliphatic heterocycles. The van der Waals surface area contributed by atoms with E-state index in [-0.39, 0.29) is 30.7 Å². The van der Waals surface area contributed by atoms with Crippen LogP contribution in [0, 0.1) is 0 Å². The van der Waals surface area contributed by atoms with Gasteiger partial charge in [-0.3, -0.25) is 14.5 Å². The number of benzene rings is 1. The average Bonchev–Trinajstić information content (AvgIpc) is 3.30. The van der Waals surface area contributed by atoms with Crippen molar-refractivity contribution < 1.29 is 9.59 Å². The number of amides is 2. The van der Waals surface area contributed by atoms with Gasteiger partial charge >= 0.3 is 0 Å². The van der Waals surface area contributed by atoms with Crippen LogP contribution in [0.5, 0.6) is 0 Å². The van der Waals surface area contributed by atoms with Gasteiger partial charge in [-0.1, -0.05) is 43.9 Å². The van der Waals surface area contributed by atoms with E-state index >= 15 is 0 Å². The van der Waals surface area contributed by atoms with Crippen LogP contribution in [0.4, 0.5) is 5.82 Å². The van der Waals surface area contributed by atoms with Crippen LogP contribution in [-0.2, 0) is 23.2 Å². The van der Waals surface area contributed by atoms with Crippen LogP contribution in [0.2, 0.25) is 0 Å². The highest BCUT2D eigenvalue weighted by Crippen LogP contribution is 2.33. The Kier molecular flexibility index (Phi) is 6.20. The second kappa shape index (κ2) is 9.41. The summed E-state index contributed by atoms with van der Waals surface area (Å²) in [7, 11) is 2.04. The largest absolute Gasteiger partial charge is 0.353 e. The van der Waals surface area contributed by atoms with Gasteiger partial charge in [0, 0.05) is 67.8 Å². The van der Waals surface area contributed by atoms with Crippen molar-refractivity contribution in [1.82, 2.24) is 19.7 Å². The zero-order valence-corrected chi connectivity index (χ0v) is 19.4. The monoisotopic (exact) mass is 447 g/mol. The maximum absolute atomic E-state index is 13.1. The fraction of sp³-hybridized carbons (Fsp3) is 0.500. The van der Waals surface area contributed by atoms with Crippen LogP contribution < -0.4 is 10.2 Å². The molecule has 1 fully saturated rings. The Morgan fingerprint density at radius 2 is 1.82 bits per heavy atom. The molecule has 5 rings (SSSR count). The number of nitrogens with one attached hydrogen (secondary N) is 1. The molecule has 3 aromatic rings. The van der Waals surface area contributed by atoms with E-state index in [1.165, 1.54) is 25.7 Å².